The van der Waals surface area contributed by atoms with Crippen LogP contribution in [0.1, 0.15) is 37.2 Å². The number of hydrogen-bond donors (Lipinski definition) is 1. The highest BCUT2D eigenvalue weighted by atomic mass is 16.5. The van der Waals surface area contributed by atoms with Gasteiger partial charge in [0, 0.05) is 49.5 Å². The third-order valence-electron chi connectivity index (χ3n) is 4.91. The summed E-state index contributed by atoms with van der Waals surface area (Å²) in [7, 11) is 1.52. The van der Waals surface area contributed by atoms with Gasteiger partial charge in [-0.05, 0) is 32.7 Å². The number of methoxy groups -OCH3 is 1. The number of imidazole rings is 1. The molecule has 0 spiro atoms. The van der Waals surface area contributed by atoms with Crippen LogP contribution >= 0.6 is 0 Å². The van der Waals surface area contributed by atoms with Gasteiger partial charge in [-0.2, -0.15) is 0 Å². The molecule has 0 saturated carbocycles. The van der Waals surface area contributed by atoms with E-state index in [1.54, 1.807) is 12.3 Å². The summed E-state index contributed by atoms with van der Waals surface area (Å²) in [4.78, 5) is 21.9. The van der Waals surface area contributed by atoms with Crippen LogP contribution in [0.3, 0.4) is 0 Å². The zero-order valence-electron chi connectivity index (χ0n) is 14.5. The van der Waals surface area contributed by atoms with Crippen LogP contribution in [0.4, 0.5) is 0 Å². The number of nitrogens with one attached hydrogen (secondary N) is 1. The maximum atomic E-state index is 11.9. The fraction of sp³-hybridized carbons (Fsp3) is 0.556. The van der Waals surface area contributed by atoms with Crippen LogP contribution in [-0.4, -0.2) is 39.1 Å². The number of rotatable bonds is 6. The normalized spacial score (nSPS) is 18.7. The average molecular weight is 330 g/mol. The third-order valence-corrected chi connectivity index (χ3v) is 4.91. The lowest BCUT2D eigenvalue weighted by atomic mass is 9.99. The maximum absolute atomic E-state index is 11.9. The minimum absolute atomic E-state index is 0.0613. The first kappa shape index (κ1) is 16.8. The highest BCUT2D eigenvalue weighted by molar-refractivity contribution is 5.20. The molecule has 2 aromatic rings. The number of hydrogen-bond acceptors (Lipinski definition) is 4. The van der Waals surface area contributed by atoms with Crippen molar-refractivity contribution in [3.8, 4) is 5.75 Å². The quantitative estimate of drug-likeness (QED) is 0.883. The van der Waals surface area contributed by atoms with Crippen molar-refractivity contribution in [3.63, 3.8) is 0 Å². The molecular weight excluding hydrogens is 304 g/mol. The van der Waals surface area contributed by atoms with Gasteiger partial charge in [0.25, 0.3) is 0 Å². The molecule has 6 nitrogen and oxygen atoms in total. The van der Waals surface area contributed by atoms with Crippen molar-refractivity contribution < 1.29 is 4.74 Å². The zero-order chi connectivity index (χ0) is 16.9. The van der Waals surface area contributed by atoms with Crippen LogP contribution in [0.2, 0.25) is 0 Å². The summed E-state index contributed by atoms with van der Waals surface area (Å²) in [6, 6.07) is 2.20. The fourth-order valence-electron chi connectivity index (χ4n) is 3.49. The molecule has 0 amide bonds. The second-order valence-electron chi connectivity index (χ2n) is 6.47. The number of aryl methyl sites for hydroxylation is 2. The van der Waals surface area contributed by atoms with Crippen molar-refractivity contribution in [2.24, 2.45) is 0 Å². The number of aromatic amines is 1. The standard InChI is InChI=1S/C18H26N4O2/c1-14-19-7-10-21(14)9-6-16-5-3-4-8-22(16)13-15-11-17(23)18(24-2)12-20-15/h7,10-12,16H,3-6,8-9,13H2,1-2H3,(H,20,23). The van der Waals surface area contributed by atoms with Crippen molar-refractivity contribution in [1.82, 2.24) is 19.4 Å². The maximum Gasteiger partial charge on any atom is 0.223 e. The largest absolute Gasteiger partial charge is 0.491 e. The van der Waals surface area contributed by atoms with E-state index in [1.165, 1.54) is 26.4 Å². The van der Waals surface area contributed by atoms with Gasteiger partial charge in [0.05, 0.1) is 7.11 Å². The van der Waals surface area contributed by atoms with Gasteiger partial charge in [0.15, 0.2) is 5.75 Å². The lowest BCUT2D eigenvalue weighted by molar-refractivity contribution is 0.126. The summed E-state index contributed by atoms with van der Waals surface area (Å²) < 4.78 is 7.25. The Kier molecular flexibility index (Phi) is 5.35. The molecule has 1 saturated heterocycles. The highest BCUT2D eigenvalue weighted by Gasteiger charge is 2.22. The van der Waals surface area contributed by atoms with Gasteiger partial charge >= 0.3 is 0 Å². The summed E-state index contributed by atoms with van der Waals surface area (Å²) in [5, 5.41) is 0. The lowest BCUT2D eigenvalue weighted by Gasteiger charge is -2.35. The number of ether oxygens (including phenoxy) is 1. The van der Waals surface area contributed by atoms with E-state index in [9.17, 15) is 4.79 Å². The van der Waals surface area contributed by atoms with Gasteiger partial charge in [-0.15, -0.1) is 0 Å². The van der Waals surface area contributed by atoms with Crippen LogP contribution in [0, 0.1) is 6.92 Å². The van der Waals surface area contributed by atoms with Crippen LogP contribution in [0.5, 0.6) is 5.75 Å². The van der Waals surface area contributed by atoms with Gasteiger partial charge < -0.3 is 14.3 Å². The van der Waals surface area contributed by atoms with Gasteiger partial charge in [-0.3, -0.25) is 9.69 Å². The Morgan fingerprint density at radius 3 is 3.00 bits per heavy atom. The lowest BCUT2D eigenvalue weighted by Crippen LogP contribution is -2.39. The second kappa shape index (κ2) is 7.66. The minimum Gasteiger partial charge on any atom is -0.491 e. The first-order valence-corrected chi connectivity index (χ1v) is 8.65. The van der Waals surface area contributed by atoms with E-state index < -0.39 is 0 Å². The molecule has 1 aliphatic rings. The van der Waals surface area contributed by atoms with Crippen molar-refractivity contribution >= 4 is 0 Å². The van der Waals surface area contributed by atoms with Crippen molar-refractivity contribution in [2.75, 3.05) is 13.7 Å². The Morgan fingerprint density at radius 1 is 1.42 bits per heavy atom. The minimum atomic E-state index is -0.0613. The Labute approximate surface area is 142 Å². The van der Waals surface area contributed by atoms with Gasteiger partial charge in [-0.1, -0.05) is 6.42 Å². The molecule has 0 aliphatic carbocycles. The number of nitrogens with zero attached hydrogens (tertiary/aromatic N) is 3. The van der Waals surface area contributed by atoms with Crippen LogP contribution in [0.15, 0.2) is 29.5 Å². The summed E-state index contributed by atoms with van der Waals surface area (Å²) in [5.74, 6) is 1.43. The number of aromatic nitrogens is 3. The van der Waals surface area contributed by atoms with Crippen LogP contribution in [-0.2, 0) is 13.1 Å². The third kappa shape index (κ3) is 3.87. The molecule has 0 bridgehead atoms. The molecule has 1 unspecified atom stereocenters. The molecule has 1 atom stereocenters. The highest BCUT2D eigenvalue weighted by Crippen LogP contribution is 2.22. The Morgan fingerprint density at radius 2 is 2.29 bits per heavy atom. The van der Waals surface area contributed by atoms with Gasteiger partial charge in [0.2, 0.25) is 5.43 Å². The summed E-state index contributed by atoms with van der Waals surface area (Å²) >= 11 is 0. The Balaban J connectivity index is 1.64. The average Bonchev–Trinajstić information content (AvgIpc) is 2.99. The molecule has 0 aromatic carbocycles. The predicted octanol–water partition coefficient (Wildman–Crippen LogP) is 2.33. The first-order chi connectivity index (χ1) is 11.7. The van der Waals surface area contributed by atoms with E-state index in [0.29, 0.717) is 11.8 Å². The van der Waals surface area contributed by atoms with E-state index >= 15 is 0 Å². The van der Waals surface area contributed by atoms with Crippen molar-refractivity contribution in [1.29, 1.82) is 0 Å². The Bertz CT molecular complexity index is 722. The summed E-state index contributed by atoms with van der Waals surface area (Å²) in [6.45, 7) is 4.90. The van der Waals surface area contributed by atoms with E-state index in [0.717, 1.165) is 37.6 Å². The monoisotopic (exact) mass is 330 g/mol. The number of pyridine rings is 1. The van der Waals surface area contributed by atoms with Crippen LogP contribution in [0.25, 0.3) is 0 Å². The molecular formula is C18H26N4O2. The molecule has 130 valence electrons. The topological polar surface area (TPSA) is 63.1 Å². The zero-order valence-corrected chi connectivity index (χ0v) is 14.5. The molecule has 1 N–H and O–H groups in total. The molecule has 6 heteroatoms. The van der Waals surface area contributed by atoms with E-state index in [1.807, 2.05) is 19.3 Å². The summed E-state index contributed by atoms with van der Waals surface area (Å²) in [6.07, 6.45) is 10.4. The van der Waals surface area contributed by atoms with Crippen molar-refractivity contribution in [3.05, 3.63) is 46.4 Å². The number of piperidine rings is 1. The number of likely N-dealkylation sites (tertiary alicyclic amines) is 1. The van der Waals surface area contributed by atoms with Gasteiger partial charge in [-0.25, -0.2) is 4.98 Å². The molecule has 24 heavy (non-hydrogen) atoms. The second-order valence-corrected chi connectivity index (χ2v) is 6.47. The smallest absolute Gasteiger partial charge is 0.223 e. The van der Waals surface area contributed by atoms with Crippen LogP contribution < -0.4 is 10.2 Å². The van der Waals surface area contributed by atoms with Gasteiger partial charge in [0.1, 0.15) is 5.82 Å². The molecule has 2 aromatic heterocycles. The molecule has 1 fully saturated rings. The Hall–Kier alpha value is -2.08. The first-order valence-electron chi connectivity index (χ1n) is 8.65. The predicted molar refractivity (Wildman–Crippen MR) is 93.2 cm³/mol. The van der Waals surface area contributed by atoms with E-state index in [4.69, 9.17) is 4.74 Å². The van der Waals surface area contributed by atoms with Crippen molar-refractivity contribution in [2.45, 2.75) is 51.7 Å². The van der Waals surface area contributed by atoms with E-state index in [-0.39, 0.29) is 5.43 Å². The SMILES string of the molecule is COc1c[nH]c(CN2CCCCC2CCn2ccnc2C)cc1=O. The summed E-state index contributed by atoms with van der Waals surface area (Å²) in [5.41, 5.74) is 0.889. The molecule has 3 heterocycles. The number of H-pyrrole nitrogens is 1. The van der Waals surface area contributed by atoms with E-state index in [2.05, 4.69) is 19.4 Å². The molecule has 0 radical (unpaired) electrons. The molecule has 1 aliphatic heterocycles. The fourth-order valence-corrected chi connectivity index (χ4v) is 3.49. The molecule has 3 rings (SSSR count).